The molecule has 0 aliphatic carbocycles. The Hall–Kier alpha value is -3.02. The van der Waals surface area contributed by atoms with E-state index in [2.05, 4.69) is 0 Å². The predicted octanol–water partition coefficient (Wildman–Crippen LogP) is 4.10. The van der Waals surface area contributed by atoms with E-state index in [0.717, 1.165) is 12.8 Å². The quantitative estimate of drug-likeness (QED) is 0.664. The Kier molecular flexibility index (Phi) is 7.02. The maximum Gasteiger partial charge on any atom is 0.339 e. The number of benzene rings is 2. The van der Waals surface area contributed by atoms with Crippen LogP contribution >= 0.6 is 0 Å². The number of ether oxygens (including phenoxy) is 2. The standard InChI is InChI=1S/C20H22O6/c1-2-7-14(26-18-11-6-4-9-16(18)20(23)24)12-13-25-17-10-5-3-8-15(17)19(21)22/h3-6,8-11,14H,2,7,12-13H2,1H3,(H,21,22)(H,23,24). The van der Waals surface area contributed by atoms with Crippen LogP contribution in [0.4, 0.5) is 0 Å². The minimum Gasteiger partial charge on any atom is -0.493 e. The fraction of sp³-hybridized carbons (Fsp3) is 0.300. The monoisotopic (exact) mass is 358 g/mol. The summed E-state index contributed by atoms with van der Waals surface area (Å²) < 4.78 is 11.5. The van der Waals surface area contributed by atoms with E-state index in [9.17, 15) is 19.8 Å². The Morgan fingerprint density at radius 3 is 2.00 bits per heavy atom. The zero-order valence-electron chi connectivity index (χ0n) is 14.6. The molecule has 0 saturated heterocycles. The highest BCUT2D eigenvalue weighted by Gasteiger charge is 2.16. The summed E-state index contributed by atoms with van der Waals surface area (Å²) >= 11 is 0. The Morgan fingerprint density at radius 2 is 1.42 bits per heavy atom. The highest BCUT2D eigenvalue weighted by Crippen LogP contribution is 2.23. The van der Waals surface area contributed by atoms with Crippen LogP contribution in [0.5, 0.6) is 11.5 Å². The van der Waals surface area contributed by atoms with Crippen LogP contribution in [0.3, 0.4) is 0 Å². The van der Waals surface area contributed by atoms with E-state index in [0.29, 0.717) is 17.9 Å². The number of carboxylic acid groups (broad SMARTS) is 2. The molecule has 1 unspecified atom stereocenters. The van der Waals surface area contributed by atoms with Crippen LogP contribution in [0.2, 0.25) is 0 Å². The molecule has 6 heteroatoms. The lowest BCUT2D eigenvalue weighted by Gasteiger charge is -2.20. The van der Waals surface area contributed by atoms with Gasteiger partial charge >= 0.3 is 11.9 Å². The SMILES string of the molecule is CCCC(CCOc1ccccc1C(=O)O)Oc1ccccc1C(=O)O. The van der Waals surface area contributed by atoms with Gasteiger partial charge in [0.15, 0.2) is 0 Å². The molecule has 6 nitrogen and oxygen atoms in total. The van der Waals surface area contributed by atoms with Gasteiger partial charge in [0.1, 0.15) is 28.7 Å². The van der Waals surface area contributed by atoms with Crippen LogP contribution in [-0.4, -0.2) is 34.9 Å². The first-order valence-electron chi connectivity index (χ1n) is 8.47. The molecule has 1 atom stereocenters. The largest absolute Gasteiger partial charge is 0.493 e. The molecule has 2 rings (SSSR count). The third-order valence-electron chi connectivity index (χ3n) is 3.84. The van der Waals surface area contributed by atoms with Crippen LogP contribution in [0.15, 0.2) is 48.5 Å². The van der Waals surface area contributed by atoms with Crippen molar-refractivity contribution in [2.45, 2.75) is 32.3 Å². The van der Waals surface area contributed by atoms with Crippen molar-refractivity contribution < 1.29 is 29.3 Å². The Bertz CT molecular complexity index is 755. The summed E-state index contributed by atoms with van der Waals surface area (Å²) in [7, 11) is 0. The molecule has 0 fully saturated rings. The van der Waals surface area contributed by atoms with E-state index in [1.165, 1.54) is 12.1 Å². The van der Waals surface area contributed by atoms with Crippen molar-refractivity contribution in [1.29, 1.82) is 0 Å². The second-order valence-electron chi connectivity index (χ2n) is 5.77. The van der Waals surface area contributed by atoms with Crippen molar-refractivity contribution in [1.82, 2.24) is 0 Å². The van der Waals surface area contributed by atoms with Gasteiger partial charge in [-0.25, -0.2) is 9.59 Å². The molecule has 26 heavy (non-hydrogen) atoms. The molecule has 0 aliphatic rings. The van der Waals surface area contributed by atoms with Crippen LogP contribution in [0.1, 0.15) is 46.9 Å². The van der Waals surface area contributed by atoms with Gasteiger partial charge in [0.2, 0.25) is 0 Å². The lowest BCUT2D eigenvalue weighted by Crippen LogP contribution is -2.21. The van der Waals surface area contributed by atoms with Crippen LogP contribution < -0.4 is 9.47 Å². The zero-order chi connectivity index (χ0) is 18.9. The minimum absolute atomic E-state index is 0.108. The number of aromatic carboxylic acids is 2. The van der Waals surface area contributed by atoms with E-state index in [1.807, 2.05) is 6.92 Å². The molecule has 0 saturated carbocycles. The van der Waals surface area contributed by atoms with Crippen molar-refractivity contribution in [2.75, 3.05) is 6.61 Å². The molecule has 0 aliphatic heterocycles. The van der Waals surface area contributed by atoms with Gasteiger partial charge in [-0.15, -0.1) is 0 Å². The first-order valence-corrected chi connectivity index (χ1v) is 8.47. The van der Waals surface area contributed by atoms with E-state index in [-0.39, 0.29) is 23.8 Å². The second-order valence-corrected chi connectivity index (χ2v) is 5.77. The molecule has 0 aromatic heterocycles. The molecule has 0 amide bonds. The van der Waals surface area contributed by atoms with E-state index in [4.69, 9.17) is 9.47 Å². The van der Waals surface area contributed by atoms with Gasteiger partial charge in [0, 0.05) is 6.42 Å². The molecule has 2 N–H and O–H groups in total. The van der Waals surface area contributed by atoms with Gasteiger partial charge < -0.3 is 19.7 Å². The summed E-state index contributed by atoms with van der Waals surface area (Å²) in [5.74, 6) is -1.45. The summed E-state index contributed by atoms with van der Waals surface area (Å²) in [4.78, 5) is 22.5. The van der Waals surface area contributed by atoms with Crippen molar-refractivity contribution in [3.05, 3.63) is 59.7 Å². The van der Waals surface area contributed by atoms with E-state index >= 15 is 0 Å². The average molecular weight is 358 g/mol. The summed E-state index contributed by atoms with van der Waals surface area (Å²) in [6.07, 6.45) is 1.89. The highest BCUT2D eigenvalue weighted by atomic mass is 16.5. The maximum absolute atomic E-state index is 11.3. The Labute approximate surface area is 152 Å². The summed E-state index contributed by atoms with van der Waals surface area (Å²) in [6, 6.07) is 13.0. The summed E-state index contributed by atoms with van der Waals surface area (Å²) in [5, 5.41) is 18.4. The number of hydrogen-bond donors (Lipinski definition) is 2. The normalized spacial score (nSPS) is 11.6. The highest BCUT2D eigenvalue weighted by molar-refractivity contribution is 5.91. The third-order valence-corrected chi connectivity index (χ3v) is 3.84. The first kappa shape index (κ1) is 19.3. The Morgan fingerprint density at radius 1 is 0.885 bits per heavy atom. The first-order chi connectivity index (χ1) is 12.5. The lowest BCUT2D eigenvalue weighted by atomic mass is 10.1. The number of carboxylic acids is 2. The zero-order valence-corrected chi connectivity index (χ0v) is 14.6. The van der Waals surface area contributed by atoms with Crippen molar-refractivity contribution in [3.8, 4) is 11.5 Å². The van der Waals surface area contributed by atoms with Crippen LogP contribution in [-0.2, 0) is 0 Å². The van der Waals surface area contributed by atoms with Gasteiger partial charge in [-0.05, 0) is 30.7 Å². The molecule has 0 spiro atoms. The van der Waals surface area contributed by atoms with Gasteiger partial charge in [-0.3, -0.25) is 0 Å². The van der Waals surface area contributed by atoms with Gasteiger partial charge in [0.05, 0.1) is 6.61 Å². The molecule has 0 heterocycles. The molecule has 138 valence electrons. The summed E-state index contributed by atoms with van der Waals surface area (Å²) in [6.45, 7) is 2.28. The smallest absolute Gasteiger partial charge is 0.339 e. The fourth-order valence-electron chi connectivity index (χ4n) is 2.58. The molecule has 0 radical (unpaired) electrons. The van der Waals surface area contributed by atoms with Gasteiger partial charge in [0.25, 0.3) is 0 Å². The maximum atomic E-state index is 11.3. The summed E-state index contributed by atoms with van der Waals surface area (Å²) in [5.41, 5.74) is 0.224. The number of para-hydroxylation sites is 2. The predicted molar refractivity (Wildman–Crippen MR) is 96.2 cm³/mol. The molecule has 2 aromatic rings. The van der Waals surface area contributed by atoms with Gasteiger partial charge in [-0.2, -0.15) is 0 Å². The topological polar surface area (TPSA) is 93.1 Å². The third kappa shape index (κ3) is 5.24. The van der Waals surface area contributed by atoms with E-state index in [1.54, 1.807) is 36.4 Å². The second kappa shape index (κ2) is 9.46. The van der Waals surface area contributed by atoms with Gasteiger partial charge in [-0.1, -0.05) is 37.6 Å². The minimum atomic E-state index is -1.04. The molecule has 0 bridgehead atoms. The number of hydrogen-bond acceptors (Lipinski definition) is 4. The number of rotatable bonds is 10. The van der Waals surface area contributed by atoms with E-state index < -0.39 is 11.9 Å². The average Bonchev–Trinajstić information content (AvgIpc) is 2.62. The van der Waals surface area contributed by atoms with Crippen LogP contribution in [0.25, 0.3) is 0 Å². The fourth-order valence-corrected chi connectivity index (χ4v) is 2.58. The molecular formula is C20H22O6. The lowest BCUT2D eigenvalue weighted by molar-refractivity contribution is 0.0680. The molecule has 2 aromatic carbocycles. The van der Waals surface area contributed by atoms with Crippen molar-refractivity contribution in [2.24, 2.45) is 0 Å². The van der Waals surface area contributed by atoms with Crippen LogP contribution in [0, 0.1) is 0 Å². The Balaban J connectivity index is 2.01. The van der Waals surface area contributed by atoms with Crippen molar-refractivity contribution >= 4 is 11.9 Å². The number of carbonyl (C=O) groups is 2. The van der Waals surface area contributed by atoms with Crippen molar-refractivity contribution in [3.63, 3.8) is 0 Å². The molecular weight excluding hydrogens is 336 g/mol.